The summed E-state index contributed by atoms with van der Waals surface area (Å²) in [5.74, 6) is 0.739. The van der Waals surface area contributed by atoms with E-state index in [1.807, 2.05) is 0 Å². The molecular weight excluding hydrogens is 348 g/mol. The molecule has 0 atom stereocenters. The Morgan fingerprint density at radius 1 is 1.11 bits per heavy atom. The first-order valence-electron chi connectivity index (χ1n) is 8.23. The van der Waals surface area contributed by atoms with Crippen LogP contribution in [-0.2, 0) is 11.3 Å². The average Bonchev–Trinajstić information content (AvgIpc) is 2.69. The van der Waals surface area contributed by atoms with Crippen LogP contribution in [0.1, 0.15) is 15.9 Å². The predicted octanol–water partition coefficient (Wildman–Crippen LogP) is 2.05. The summed E-state index contributed by atoms with van der Waals surface area (Å²) in [6.07, 6.45) is 1.65. The number of ether oxygens (including phenoxy) is 3. The summed E-state index contributed by atoms with van der Waals surface area (Å²) in [5, 5.41) is 2.83. The maximum absolute atomic E-state index is 12.3. The Morgan fingerprint density at radius 2 is 1.85 bits per heavy atom. The lowest BCUT2D eigenvalue weighted by Gasteiger charge is -2.12. The number of carbonyl (C=O) groups is 2. The van der Waals surface area contributed by atoms with Gasteiger partial charge < -0.3 is 25.3 Å². The van der Waals surface area contributed by atoms with Crippen LogP contribution in [0.2, 0.25) is 0 Å². The van der Waals surface area contributed by atoms with E-state index in [-0.39, 0.29) is 12.5 Å². The molecule has 3 N–H and O–H groups in total. The van der Waals surface area contributed by atoms with Crippen molar-refractivity contribution in [2.75, 3.05) is 20.3 Å². The number of hydrogen-bond donors (Lipinski definition) is 2. The van der Waals surface area contributed by atoms with E-state index < -0.39 is 5.91 Å². The second-order valence-electron chi connectivity index (χ2n) is 5.55. The van der Waals surface area contributed by atoms with Gasteiger partial charge in [0.05, 0.1) is 7.11 Å². The molecule has 0 spiro atoms. The van der Waals surface area contributed by atoms with Crippen molar-refractivity contribution >= 4 is 11.8 Å². The van der Waals surface area contributed by atoms with E-state index >= 15 is 0 Å². The van der Waals surface area contributed by atoms with Crippen LogP contribution in [0.15, 0.2) is 55.1 Å². The number of primary amides is 1. The molecule has 0 unspecified atom stereocenters. The molecule has 7 nitrogen and oxygen atoms in total. The van der Waals surface area contributed by atoms with E-state index in [1.54, 1.807) is 48.5 Å². The van der Waals surface area contributed by atoms with Crippen LogP contribution in [0.5, 0.6) is 17.2 Å². The number of methoxy groups -OCH3 is 1. The van der Waals surface area contributed by atoms with Crippen molar-refractivity contribution in [2.24, 2.45) is 5.73 Å². The molecule has 0 aliphatic rings. The minimum Gasteiger partial charge on any atom is -0.493 e. The number of nitrogens with one attached hydrogen (secondary N) is 1. The second-order valence-corrected chi connectivity index (χ2v) is 5.55. The van der Waals surface area contributed by atoms with Gasteiger partial charge in [0.15, 0.2) is 18.1 Å². The third-order valence-corrected chi connectivity index (χ3v) is 3.54. The average molecular weight is 370 g/mol. The van der Waals surface area contributed by atoms with Gasteiger partial charge in [-0.15, -0.1) is 0 Å². The molecule has 0 saturated carbocycles. The molecule has 2 aromatic rings. The van der Waals surface area contributed by atoms with Gasteiger partial charge in [-0.3, -0.25) is 9.59 Å². The Balaban J connectivity index is 1.95. The number of nitrogens with two attached hydrogens (primary N) is 1. The smallest absolute Gasteiger partial charge is 0.255 e. The van der Waals surface area contributed by atoms with Gasteiger partial charge in [-0.25, -0.2) is 0 Å². The standard InChI is InChI=1S/C20H22N2O5/c1-3-10-26-16-7-5-15(6-8-16)20(24)22-12-14-4-9-17(18(11-14)25-2)27-13-19(21)23/h3-9,11H,1,10,12-13H2,2H3,(H2,21,23)(H,22,24). The number of rotatable bonds is 10. The van der Waals surface area contributed by atoms with Crippen LogP contribution < -0.4 is 25.3 Å². The highest BCUT2D eigenvalue weighted by atomic mass is 16.5. The SMILES string of the molecule is C=CCOc1ccc(C(=O)NCc2ccc(OCC(N)=O)c(OC)c2)cc1. The van der Waals surface area contributed by atoms with Crippen molar-refractivity contribution in [2.45, 2.75) is 6.54 Å². The number of benzene rings is 2. The van der Waals surface area contributed by atoms with Crippen LogP contribution in [0.4, 0.5) is 0 Å². The molecule has 0 aliphatic heterocycles. The Kier molecular flexibility index (Phi) is 7.25. The van der Waals surface area contributed by atoms with Gasteiger partial charge in [0, 0.05) is 12.1 Å². The maximum atomic E-state index is 12.3. The zero-order valence-electron chi connectivity index (χ0n) is 15.1. The zero-order valence-corrected chi connectivity index (χ0v) is 15.1. The van der Waals surface area contributed by atoms with Crippen molar-refractivity contribution in [3.05, 3.63) is 66.2 Å². The zero-order chi connectivity index (χ0) is 19.6. The summed E-state index contributed by atoms with van der Waals surface area (Å²) in [4.78, 5) is 23.1. The summed E-state index contributed by atoms with van der Waals surface area (Å²) in [5.41, 5.74) is 6.41. The van der Waals surface area contributed by atoms with Crippen molar-refractivity contribution in [1.29, 1.82) is 0 Å². The van der Waals surface area contributed by atoms with Crippen LogP contribution in [0.3, 0.4) is 0 Å². The lowest BCUT2D eigenvalue weighted by atomic mass is 10.1. The monoisotopic (exact) mass is 370 g/mol. The van der Waals surface area contributed by atoms with Gasteiger partial charge in [0.2, 0.25) is 0 Å². The molecule has 0 fully saturated rings. The fourth-order valence-electron chi connectivity index (χ4n) is 2.23. The van der Waals surface area contributed by atoms with Gasteiger partial charge in [-0.1, -0.05) is 18.7 Å². The molecule has 2 rings (SSSR count). The topological polar surface area (TPSA) is 99.9 Å². The predicted molar refractivity (Wildman–Crippen MR) is 101 cm³/mol. The third-order valence-electron chi connectivity index (χ3n) is 3.54. The van der Waals surface area contributed by atoms with Crippen LogP contribution in [0.25, 0.3) is 0 Å². The summed E-state index contributed by atoms with van der Waals surface area (Å²) >= 11 is 0. The minimum absolute atomic E-state index is 0.210. The fourth-order valence-corrected chi connectivity index (χ4v) is 2.23. The van der Waals surface area contributed by atoms with Gasteiger partial charge >= 0.3 is 0 Å². The van der Waals surface area contributed by atoms with Gasteiger partial charge in [-0.05, 0) is 42.0 Å². The lowest BCUT2D eigenvalue weighted by Crippen LogP contribution is -2.23. The largest absolute Gasteiger partial charge is 0.493 e. The van der Waals surface area contributed by atoms with Crippen molar-refractivity contribution in [3.63, 3.8) is 0 Å². The third kappa shape index (κ3) is 6.07. The van der Waals surface area contributed by atoms with E-state index in [4.69, 9.17) is 19.9 Å². The first-order valence-corrected chi connectivity index (χ1v) is 8.23. The molecule has 0 aliphatic carbocycles. The maximum Gasteiger partial charge on any atom is 0.255 e. The van der Waals surface area contributed by atoms with Gasteiger partial charge in [0.25, 0.3) is 11.8 Å². The molecule has 2 aromatic carbocycles. The molecule has 0 saturated heterocycles. The Labute approximate surface area is 157 Å². The first-order chi connectivity index (χ1) is 13.0. The van der Waals surface area contributed by atoms with Crippen molar-refractivity contribution < 1.29 is 23.8 Å². The molecule has 142 valence electrons. The number of amides is 2. The van der Waals surface area contributed by atoms with E-state index in [1.165, 1.54) is 7.11 Å². The van der Waals surface area contributed by atoms with E-state index in [0.717, 1.165) is 5.56 Å². The van der Waals surface area contributed by atoms with E-state index in [2.05, 4.69) is 11.9 Å². The molecule has 0 aromatic heterocycles. The van der Waals surface area contributed by atoms with Gasteiger partial charge in [0.1, 0.15) is 12.4 Å². The lowest BCUT2D eigenvalue weighted by molar-refractivity contribution is -0.119. The normalized spacial score (nSPS) is 9.96. The first kappa shape index (κ1) is 19.8. The summed E-state index contributed by atoms with van der Waals surface area (Å²) in [6, 6.07) is 12.0. The number of carbonyl (C=O) groups excluding carboxylic acids is 2. The Morgan fingerprint density at radius 3 is 2.48 bits per heavy atom. The molecule has 0 bridgehead atoms. The van der Waals surface area contributed by atoms with Crippen molar-refractivity contribution in [3.8, 4) is 17.2 Å². The fraction of sp³-hybridized carbons (Fsp3) is 0.200. The molecule has 27 heavy (non-hydrogen) atoms. The van der Waals surface area contributed by atoms with E-state index in [9.17, 15) is 9.59 Å². The molecule has 7 heteroatoms. The summed E-state index contributed by atoms with van der Waals surface area (Å²) < 4.78 is 15.9. The molecular formula is C20H22N2O5. The van der Waals surface area contributed by atoms with Crippen LogP contribution in [0, 0.1) is 0 Å². The van der Waals surface area contributed by atoms with Crippen molar-refractivity contribution in [1.82, 2.24) is 5.32 Å². The highest BCUT2D eigenvalue weighted by Gasteiger charge is 2.09. The van der Waals surface area contributed by atoms with Crippen LogP contribution in [-0.4, -0.2) is 32.1 Å². The molecule has 0 heterocycles. The second kappa shape index (κ2) is 9.86. The summed E-state index contributed by atoms with van der Waals surface area (Å²) in [6.45, 7) is 4.06. The summed E-state index contributed by atoms with van der Waals surface area (Å²) in [7, 11) is 1.49. The minimum atomic E-state index is -0.575. The van der Waals surface area contributed by atoms with Crippen LogP contribution >= 0.6 is 0 Å². The number of hydrogen-bond acceptors (Lipinski definition) is 5. The molecule has 2 amide bonds. The van der Waals surface area contributed by atoms with E-state index in [0.29, 0.717) is 36.0 Å². The Bertz CT molecular complexity index is 803. The highest BCUT2D eigenvalue weighted by Crippen LogP contribution is 2.28. The Hall–Kier alpha value is -3.48. The molecule has 0 radical (unpaired) electrons. The highest BCUT2D eigenvalue weighted by molar-refractivity contribution is 5.94. The van der Waals surface area contributed by atoms with Gasteiger partial charge in [-0.2, -0.15) is 0 Å². The quantitative estimate of drug-likeness (QED) is 0.624.